The van der Waals surface area contributed by atoms with Gasteiger partial charge in [0.2, 0.25) is 0 Å². The molecule has 29 heavy (non-hydrogen) atoms. The smallest absolute Gasteiger partial charge is 0.135 e. The van der Waals surface area contributed by atoms with E-state index in [1.54, 1.807) is 0 Å². The lowest BCUT2D eigenvalue weighted by molar-refractivity contribution is 0.302. The van der Waals surface area contributed by atoms with Crippen LogP contribution in [0.25, 0.3) is 44.2 Å². The molecule has 0 spiro atoms. The number of furan rings is 1. The molecule has 6 rings (SSSR count). The first-order chi connectivity index (χ1) is 14.2. The maximum Gasteiger partial charge on any atom is 0.135 e. The van der Waals surface area contributed by atoms with Crippen molar-refractivity contribution in [2.75, 3.05) is 0 Å². The lowest BCUT2D eigenvalue weighted by atomic mass is 9.92. The number of hydrogen-bond acceptors (Lipinski definition) is 2. The highest BCUT2D eigenvalue weighted by atomic mass is 16.5. The minimum absolute atomic E-state index is 0.621. The van der Waals surface area contributed by atoms with Crippen LogP contribution < -0.4 is 4.74 Å². The van der Waals surface area contributed by atoms with Crippen LogP contribution in [0.4, 0.5) is 0 Å². The quantitative estimate of drug-likeness (QED) is 0.303. The molecule has 0 amide bonds. The third kappa shape index (κ3) is 2.56. The van der Waals surface area contributed by atoms with Gasteiger partial charge in [-0.05, 0) is 78.6 Å². The van der Waals surface area contributed by atoms with Crippen molar-refractivity contribution >= 4 is 21.9 Å². The highest BCUT2D eigenvalue weighted by molar-refractivity contribution is 6.06. The van der Waals surface area contributed by atoms with E-state index >= 15 is 0 Å². The summed E-state index contributed by atoms with van der Waals surface area (Å²) in [4.78, 5) is 0. The molecule has 140 valence electrons. The second-order valence-corrected chi connectivity index (χ2v) is 7.97. The number of hydrogen-bond donors (Lipinski definition) is 0. The second-order valence-electron chi connectivity index (χ2n) is 7.97. The summed E-state index contributed by atoms with van der Waals surface area (Å²) in [6.45, 7) is 4.86. The minimum atomic E-state index is 0.621. The van der Waals surface area contributed by atoms with E-state index in [1.807, 2.05) is 0 Å². The van der Waals surface area contributed by atoms with Gasteiger partial charge in [0, 0.05) is 16.3 Å². The summed E-state index contributed by atoms with van der Waals surface area (Å²) in [5.74, 6) is 0.965. The number of aryl methyl sites for hydroxylation is 2. The van der Waals surface area contributed by atoms with Gasteiger partial charge in [0.25, 0.3) is 0 Å². The zero-order valence-corrected chi connectivity index (χ0v) is 16.5. The number of fused-ring (bicyclic) bond motifs is 6. The van der Waals surface area contributed by atoms with Crippen molar-refractivity contribution in [1.29, 1.82) is 0 Å². The summed E-state index contributed by atoms with van der Waals surface area (Å²) in [6.07, 6.45) is 0. The molecular formula is C27H20O2. The van der Waals surface area contributed by atoms with Gasteiger partial charge in [0.15, 0.2) is 0 Å². The van der Waals surface area contributed by atoms with Crippen molar-refractivity contribution in [3.63, 3.8) is 0 Å². The highest BCUT2D eigenvalue weighted by Gasteiger charge is 2.18. The third-order valence-electron chi connectivity index (χ3n) is 5.88. The van der Waals surface area contributed by atoms with Crippen molar-refractivity contribution in [3.05, 3.63) is 89.5 Å². The van der Waals surface area contributed by atoms with Crippen LogP contribution in [0.2, 0.25) is 0 Å². The SMILES string of the molecule is Cc1ccc2c(c1)-c1cc(-c3ccc4oc5ccc(C)cc5c4c3)ccc1CO2. The highest BCUT2D eigenvalue weighted by Crippen LogP contribution is 2.40. The average molecular weight is 376 g/mol. The largest absolute Gasteiger partial charge is 0.488 e. The van der Waals surface area contributed by atoms with Crippen LogP contribution in [-0.2, 0) is 6.61 Å². The number of rotatable bonds is 1. The molecule has 0 radical (unpaired) electrons. The Labute approximate surface area is 169 Å². The molecule has 4 aromatic carbocycles. The van der Waals surface area contributed by atoms with Gasteiger partial charge in [-0.3, -0.25) is 0 Å². The first kappa shape index (κ1) is 16.4. The average Bonchev–Trinajstić information content (AvgIpc) is 3.10. The second kappa shape index (κ2) is 5.99. The van der Waals surface area contributed by atoms with Gasteiger partial charge in [-0.25, -0.2) is 0 Å². The first-order valence-electron chi connectivity index (χ1n) is 9.96. The fourth-order valence-corrected chi connectivity index (χ4v) is 4.34. The monoisotopic (exact) mass is 376 g/mol. The maximum absolute atomic E-state index is 6.03. The molecule has 0 saturated heterocycles. The van der Waals surface area contributed by atoms with E-state index in [9.17, 15) is 0 Å². The van der Waals surface area contributed by atoms with Crippen molar-refractivity contribution in [2.45, 2.75) is 20.5 Å². The fraction of sp³-hybridized carbons (Fsp3) is 0.111. The number of ether oxygens (including phenoxy) is 1. The van der Waals surface area contributed by atoms with Crippen LogP contribution in [0.5, 0.6) is 5.75 Å². The summed E-state index contributed by atoms with van der Waals surface area (Å²) in [5, 5.41) is 2.34. The zero-order chi connectivity index (χ0) is 19.5. The molecule has 0 bridgehead atoms. The van der Waals surface area contributed by atoms with Gasteiger partial charge in [0.1, 0.15) is 23.5 Å². The van der Waals surface area contributed by atoms with Crippen molar-refractivity contribution < 1.29 is 9.15 Å². The maximum atomic E-state index is 6.03. The van der Waals surface area contributed by atoms with Gasteiger partial charge < -0.3 is 9.15 Å². The van der Waals surface area contributed by atoms with Crippen LogP contribution in [0, 0.1) is 13.8 Å². The molecule has 0 atom stereocenters. The topological polar surface area (TPSA) is 22.4 Å². The molecule has 1 aliphatic rings. The van der Waals surface area contributed by atoms with E-state index in [-0.39, 0.29) is 0 Å². The molecule has 0 N–H and O–H groups in total. The van der Waals surface area contributed by atoms with Gasteiger partial charge in [-0.2, -0.15) is 0 Å². The van der Waals surface area contributed by atoms with Gasteiger partial charge in [0.05, 0.1) is 0 Å². The molecule has 2 heteroatoms. The Kier molecular flexibility index (Phi) is 3.39. The Bertz CT molecular complexity index is 1420. The van der Waals surface area contributed by atoms with Crippen molar-refractivity contribution in [3.8, 4) is 28.0 Å². The molecule has 1 aromatic heterocycles. The Balaban J connectivity index is 1.54. The van der Waals surface area contributed by atoms with E-state index in [0.29, 0.717) is 6.61 Å². The molecular weight excluding hydrogens is 356 g/mol. The van der Waals surface area contributed by atoms with E-state index in [0.717, 1.165) is 16.9 Å². The molecule has 5 aromatic rings. The van der Waals surface area contributed by atoms with E-state index in [2.05, 4.69) is 86.6 Å². The normalized spacial score (nSPS) is 12.6. The van der Waals surface area contributed by atoms with Crippen molar-refractivity contribution in [2.24, 2.45) is 0 Å². The third-order valence-corrected chi connectivity index (χ3v) is 5.88. The lowest BCUT2D eigenvalue weighted by Crippen LogP contribution is -2.05. The molecule has 0 fully saturated rings. The Morgan fingerprint density at radius 2 is 1.31 bits per heavy atom. The Morgan fingerprint density at radius 1 is 0.621 bits per heavy atom. The van der Waals surface area contributed by atoms with Gasteiger partial charge in [-0.15, -0.1) is 0 Å². The lowest BCUT2D eigenvalue weighted by Gasteiger charge is -2.22. The van der Waals surface area contributed by atoms with Crippen LogP contribution in [0.15, 0.2) is 77.2 Å². The van der Waals surface area contributed by atoms with Crippen LogP contribution in [-0.4, -0.2) is 0 Å². The van der Waals surface area contributed by atoms with Crippen LogP contribution >= 0.6 is 0 Å². The predicted molar refractivity (Wildman–Crippen MR) is 118 cm³/mol. The molecule has 1 aliphatic heterocycles. The van der Waals surface area contributed by atoms with Crippen molar-refractivity contribution in [1.82, 2.24) is 0 Å². The van der Waals surface area contributed by atoms with E-state index in [1.165, 1.54) is 49.7 Å². The summed E-state index contributed by atoms with van der Waals surface area (Å²) >= 11 is 0. The summed E-state index contributed by atoms with van der Waals surface area (Å²) in [7, 11) is 0. The molecule has 2 heterocycles. The number of benzene rings is 4. The van der Waals surface area contributed by atoms with Gasteiger partial charge >= 0.3 is 0 Å². The predicted octanol–water partition coefficient (Wildman–Crippen LogP) is 7.43. The minimum Gasteiger partial charge on any atom is -0.488 e. The van der Waals surface area contributed by atoms with E-state index < -0.39 is 0 Å². The molecule has 0 unspecified atom stereocenters. The Morgan fingerprint density at radius 3 is 2.21 bits per heavy atom. The van der Waals surface area contributed by atoms with E-state index in [4.69, 9.17) is 9.15 Å². The standard InChI is InChI=1S/C27H20O2/c1-16-3-8-25-22(11-16)21-13-18(5-6-20(21)15-28-25)19-7-10-27-24(14-19)23-12-17(2)4-9-26(23)29-27/h3-14H,15H2,1-2H3. The summed E-state index contributed by atoms with van der Waals surface area (Å²) in [6, 6.07) is 25.9. The Hall–Kier alpha value is -3.52. The van der Waals surface area contributed by atoms with Gasteiger partial charge in [-0.1, -0.05) is 41.5 Å². The van der Waals surface area contributed by atoms with Crippen LogP contribution in [0.3, 0.4) is 0 Å². The summed E-state index contributed by atoms with van der Waals surface area (Å²) < 4.78 is 12.0. The molecule has 0 saturated carbocycles. The molecule has 0 aliphatic carbocycles. The zero-order valence-electron chi connectivity index (χ0n) is 16.5. The fourth-order valence-electron chi connectivity index (χ4n) is 4.34. The summed E-state index contributed by atoms with van der Waals surface area (Å²) in [5.41, 5.74) is 10.4. The first-order valence-corrected chi connectivity index (χ1v) is 9.96. The molecule has 2 nitrogen and oxygen atoms in total. The van der Waals surface area contributed by atoms with Crippen LogP contribution in [0.1, 0.15) is 16.7 Å².